The van der Waals surface area contributed by atoms with Crippen LogP contribution < -0.4 is 26.5 Å². The molecule has 0 aromatic heterocycles. The van der Waals surface area contributed by atoms with Crippen LogP contribution in [0.1, 0.15) is 0 Å². The van der Waals surface area contributed by atoms with Gasteiger partial charge < -0.3 is 0 Å². The van der Waals surface area contributed by atoms with Crippen LogP contribution in [0.5, 0.6) is 0 Å². The number of rotatable bonds is 0. The second-order valence-electron chi connectivity index (χ2n) is 2.30. The van der Waals surface area contributed by atoms with Gasteiger partial charge in [-0.25, -0.2) is 0 Å². The van der Waals surface area contributed by atoms with E-state index in [1.807, 2.05) is 0 Å². The Morgan fingerprint density at radius 1 is 1.83 bits per heavy atom. The van der Waals surface area contributed by atoms with E-state index in [0.717, 1.165) is 30.7 Å². The average molecular weight is 194 g/mol. The molecule has 0 bridgehead atoms. The van der Waals surface area contributed by atoms with E-state index in [2.05, 4.69) is 5.32 Å². The van der Waals surface area contributed by atoms with E-state index in [1.165, 1.54) is 10.5 Å². The molecule has 34 valence electrons. The van der Waals surface area contributed by atoms with Gasteiger partial charge in [-0.15, -0.1) is 0 Å². The van der Waals surface area contributed by atoms with Crippen molar-refractivity contribution in [1.29, 1.82) is 0 Å². The van der Waals surface area contributed by atoms with Gasteiger partial charge in [-0.1, -0.05) is 0 Å². The third-order valence-electron chi connectivity index (χ3n) is 2.02. The first kappa shape index (κ1) is 2.87. The van der Waals surface area contributed by atoms with Gasteiger partial charge in [0.15, 0.2) is 0 Å². The van der Waals surface area contributed by atoms with E-state index in [-0.39, 0.29) is 0 Å². The van der Waals surface area contributed by atoms with Crippen molar-refractivity contribution in [3.63, 3.8) is 0 Å². The Kier molecular flexibility index (Phi) is 0.243. The number of hydrogen-bond donors (Lipinski definition) is 1. The van der Waals surface area contributed by atoms with Crippen LogP contribution in [0, 0.1) is 0 Å². The molecule has 0 aromatic rings. The second-order valence-corrected chi connectivity index (χ2v) is 6.27. The molecular weight excluding hydrogens is 189 g/mol. The van der Waals surface area contributed by atoms with Gasteiger partial charge in [-0.2, -0.15) is 0 Å². The van der Waals surface area contributed by atoms with E-state index >= 15 is 0 Å². The van der Waals surface area contributed by atoms with E-state index < -0.39 is 0 Å². The van der Waals surface area contributed by atoms with Crippen LogP contribution in [0.4, 0.5) is 0 Å². The zero-order valence-electron chi connectivity index (χ0n) is 3.24. The molecule has 1 N–H and O–H groups in total. The van der Waals surface area contributed by atoms with Crippen LogP contribution in [-0.4, -0.2) is 19.9 Å². The van der Waals surface area contributed by atoms with Crippen molar-refractivity contribution in [2.75, 3.05) is 6.54 Å². The molecular formula is C4H5IN-. The maximum absolute atomic E-state index is 3.40. The van der Waals surface area contributed by atoms with Gasteiger partial charge in [0.05, 0.1) is 0 Å². The fourth-order valence-electron chi connectivity index (χ4n) is 1.27. The molecule has 2 saturated heterocycles. The molecule has 3 unspecified atom stereocenters. The van der Waals surface area contributed by atoms with Crippen molar-refractivity contribution < 1.29 is 21.2 Å². The zero-order chi connectivity index (χ0) is 3.78. The topological polar surface area (TPSA) is 12.0 Å². The number of halogens is 1. The first-order valence-electron chi connectivity index (χ1n) is 2.31. The summed E-state index contributed by atoms with van der Waals surface area (Å²) in [6.45, 7) is 1.40. The molecule has 3 atom stereocenters. The molecule has 6 heavy (non-hydrogen) atoms. The van der Waals surface area contributed by atoms with Gasteiger partial charge in [0, 0.05) is 0 Å². The minimum atomic E-state index is 0.775. The summed E-state index contributed by atoms with van der Waals surface area (Å²) in [4.78, 5) is 0. The summed E-state index contributed by atoms with van der Waals surface area (Å²) in [5.74, 6) is 0. The number of alkyl halides is 2. The molecule has 1 spiro atoms. The van der Waals surface area contributed by atoms with Gasteiger partial charge in [-0.3, -0.25) is 0 Å². The molecule has 3 rings (SSSR count). The fraction of sp³-hybridized carbons (Fsp3) is 1.00. The number of fused-ring (bicyclic) bond motifs is 1. The molecule has 2 heteroatoms. The molecule has 0 radical (unpaired) electrons. The van der Waals surface area contributed by atoms with E-state index in [0.29, 0.717) is 0 Å². The monoisotopic (exact) mass is 194 g/mol. The van der Waals surface area contributed by atoms with Crippen LogP contribution in [0.3, 0.4) is 0 Å². The van der Waals surface area contributed by atoms with Gasteiger partial charge >= 0.3 is 46.5 Å². The second kappa shape index (κ2) is 0.508. The predicted molar refractivity (Wildman–Crippen MR) is 18.3 cm³/mol. The summed E-state index contributed by atoms with van der Waals surface area (Å²) in [5.41, 5.74) is 0. The predicted octanol–water partition coefficient (Wildman–Crippen LogP) is -3.82. The van der Waals surface area contributed by atoms with Crippen molar-refractivity contribution >= 4 is 0 Å². The summed E-state index contributed by atoms with van der Waals surface area (Å²) in [6, 6.07) is 1.07. The van der Waals surface area contributed by atoms with Crippen molar-refractivity contribution in [2.45, 2.75) is 13.4 Å². The molecule has 3 fully saturated rings. The van der Waals surface area contributed by atoms with Crippen LogP contribution in [0.15, 0.2) is 0 Å². The maximum atomic E-state index is 3.40. The van der Waals surface area contributed by atoms with Crippen molar-refractivity contribution in [3.8, 4) is 0 Å². The summed E-state index contributed by atoms with van der Waals surface area (Å²) in [6.07, 6.45) is 0. The summed E-state index contributed by atoms with van der Waals surface area (Å²) < 4.78 is 2.33. The summed E-state index contributed by atoms with van der Waals surface area (Å²) >= 11 is 0.775. The number of nitrogens with one attached hydrogen (secondary N) is 1. The molecule has 0 aromatic carbocycles. The van der Waals surface area contributed by atoms with Gasteiger partial charge in [-0.05, 0) is 0 Å². The van der Waals surface area contributed by atoms with Crippen LogP contribution in [-0.2, 0) is 0 Å². The van der Waals surface area contributed by atoms with Crippen molar-refractivity contribution in [3.05, 3.63) is 0 Å². The third-order valence-corrected chi connectivity index (χ3v) is 6.74. The van der Waals surface area contributed by atoms with Crippen LogP contribution in [0.25, 0.3) is 0 Å². The van der Waals surface area contributed by atoms with Crippen molar-refractivity contribution in [1.82, 2.24) is 5.32 Å². The Labute approximate surface area is 46.8 Å². The molecule has 1 aliphatic carbocycles. The van der Waals surface area contributed by atoms with Gasteiger partial charge in [0.1, 0.15) is 0 Å². The first-order valence-corrected chi connectivity index (χ1v) is 4.64. The summed E-state index contributed by atoms with van der Waals surface area (Å²) in [5, 5.41) is 3.40. The summed E-state index contributed by atoms with van der Waals surface area (Å²) in [7, 11) is 0. The Hall–Kier alpha value is 0.690. The SMILES string of the molecule is C1NC2C3[I-]C123. The molecule has 0 amide bonds. The van der Waals surface area contributed by atoms with Crippen LogP contribution >= 0.6 is 0 Å². The minimum absolute atomic E-state index is 0.775. The quantitative estimate of drug-likeness (QED) is 0.308. The molecule has 2 heterocycles. The normalized spacial score (nSPS) is 81.3. The Morgan fingerprint density at radius 3 is 2.67 bits per heavy atom. The van der Waals surface area contributed by atoms with Gasteiger partial charge in [0.25, 0.3) is 0 Å². The zero-order valence-corrected chi connectivity index (χ0v) is 5.40. The Balaban J connectivity index is 2.20. The van der Waals surface area contributed by atoms with E-state index in [4.69, 9.17) is 0 Å². The number of hydrogen-bond acceptors (Lipinski definition) is 1. The Morgan fingerprint density at radius 2 is 2.67 bits per heavy atom. The Bertz CT molecular complexity index is 115. The van der Waals surface area contributed by atoms with Crippen LogP contribution in [0.2, 0.25) is 0 Å². The standard InChI is InChI=1S/C4H5IN/c1-4-2(5-4)3(4)6-1/h2-3,6H,1H2/q-1. The average Bonchev–Trinajstić information content (AvgIpc) is 2.22. The molecule has 2 aliphatic heterocycles. The molecule has 3 aliphatic rings. The molecule has 1 nitrogen and oxygen atoms in total. The first-order chi connectivity index (χ1) is 2.93. The third kappa shape index (κ3) is 0.114. The van der Waals surface area contributed by atoms with Gasteiger partial charge in [0.2, 0.25) is 0 Å². The van der Waals surface area contributed by atoms with Crippen molar-refractivity contribution in [2.24, 2.45) is 0 Å². The van der Waals surface area contributed by atoms with E-state index in [1.54, 1.807) is 0 Å². The van der Waals surface area contributed by atoms with E-state index in [9.17, 15) is 0 Å². The molecule has 1 saturated carbocycles. The fourth-order valence-corrected chi connectivity index (χ4v) is 4.99.